The minimum Gasteiger partial charge on any atom is -0.324 e. The number of alkyl halides is 3. The van der Waals surface area contributed by atoms with E-state index >= 15 is 0 Å². The van der Waals surface area contributed by atoms with Gasteiger partial charge in [-0.1, -0.05) is 13.8 Å². The van der Waals surface area contributed by atoms with Crippen molar-refractivity contribution < 1.29 is 17.6 Å². The summed E-state index contributed by atoms with van der Waals surface area (Å²) in [5.74, 6) is -0.350. The highest BCUT2D eigenvalue weighted by Gasteiger charge is 2.34. The topological polar surface area (TPSA) is 26.0 Å². The van der Waals surface area contributed by atoms with Crippen molar-refractivity contribution in [3.05, 3.63) is 35.1 Å². The summed E-state index contributed by atoms with van der Waals surface area (Å²) >= 11 is 0. The fourth-order valence-electron chi connectivity index (χ4n) is 1.77. The average Bonchev–Trinajstić information content (AvgIpc) is 2.23. The van der Waals surface area contributed by atoms with Crippen LogP contribution in [0.15, 0.2) is 18.2 Å². The van der Waals surface area contributed by atoms with E-state index in [4.69, 9.17) is 5.73 Å². The first-order valence-corrected chi connectivity index (χ1v) is 5.84. The van der Waals surface area contributed by atoms with Crippen molar-refractivity contribution in [1.29, 1.82) is 0 Å². The van der Waals surface area contributed by atoms with Gasteiger partial charge >= 0.3 is 6.18 Å². The third kappa shape index (κ3) is 3.98. The lowest BCUT2D eigenvalue weighted by molar-refractivity contribution is -0.138. The van der Waals surface area contributed by atoms with Crippen LogP contribution in [0.25, 0.3) is 0 Å². The van der Waals surface area contributed by atoms with E-state index in [1.165, 1.54) is 0 Å². The summed E-state index contributed by atoms with van der Waals surface area (Å²) in [4.78, 5) is 0. The molecular weight excluding hydrogens is 246 g/mol. The van der Waals surface area contributed by atoms with Crippen LogP contribution in [0.4, 0.5) is 17.6 Å². The van der Waals surface area contributed by atoms with E-state index < -0.39 is 23.6 Å². The lowest BCUT2D eigenvalue weighted by Gasteiger charge is -2.19. The molecule has 2 N–H and O–H groups in total. The number of hydrogen-bond donors (Lipinski definition) is 1. The fraction of sp³-hybridized carbons (Fsp3) is 0.538. The second-order valence-electron chi connectivity index (χ2n) is 4.81. The first-order chi connectivity index (χ1) is 8.21. The SMILES string of the molecule is CC(C)CC[C@@H](N)c1cc(F)ccc1C(F)(F)F. The molecule has 1 aromatic rings. The van der Waals surface area contributed by atoms with Crippen LogP contribution in [0.3, 0.4) is 0 Å². The molecule has 0 saturated carbocycles. The number of halogens is 4. The Labute approximate surface area is 104 Å². The van der Waals surface area contributed by atoms with E-state index in [0.29, 0.717) is 18.8 Å². The van der Waals surface area contributed by atoms with Crippen LogP contribution in [0.2, 0.25) is 0 Å². The molecule has 0 spiro atoms. The molecule has 18 heavy (non-hydrogen) atoms. The Balaban J connectivity index is 3.02. The largest absolute Gasteiger partial charge is 0.416 e. The summed E-state index contributed by atoms with van der Waals surface area (Å²) in [6.07, 6.45) is -3.39. The second kappa shape index (κ2) is 5.69. The van der Waals surface area contributed by atoms with Gasteiger partial charge in [-0.25, -0.2) is 4.39 Å². The molecule has 0 bridgehead atoms. The molecule has 0 fully saturated rings. The molecule has 1 rings (SSSR count). The summed E-state index contributed by atoms with van der Waals surface area (Å²) in [5.41, 5.74) is 4.73. The number of nitrogens with two attached hydrogens (primary N) is 1. The van der Waals surface area contributed by atoms with Crippen molar-refractivity contribution in [3.8, 4) is 0 Å². The third-order valence-corrected chi connectivity index (χ3v) is 2.77. The van der Waals surface area contributed by atoms with Crippen molar-refractivity contribution in [3.63, 3.8) is 0 Å². The minimum atomic E-state index is -4.50. The molecule has 0 saturated heterocycles. The number of hydrogen-bond acceptors (Lipinski definition) is 1. The lowest BCUT2D eigenvalue weighted by Crippen LogP contribution is -2.18. The van der Waals surface area contributed by atoms with Crippen LogP contribution >= 0.6 is 0 Å². The van der Waals surface area contributed by atoms with E-state index in [1.807, 2.05) is 13.8 Å². The van der Waals surface area contributed by atoms with Gasteiger partial charge in [0, 0.05) is 6.04 Å². The van der Waals surface area contributed by atoms with Crippen molar-refractivity contribution in [2.45, 2.75) is 38.9 Å². The molecule has 5 heteroatoms. The standard InChI is InChI=1S/C13H17F4N/c1-8(2)3-6-12(18)10-7-9(14)4-5-11(10)13(15,16)17/h4-5,7-8,12H,3,6,18H2,1-2H3/t12-/m1/s1. The summed E-state index contributed by atoms with van der Waals surface area (Å²) in [7, 11) is 0. The molecule has 1 nitrogen and oxygen atoms in total. The smallest absolute Gasteiger partial charge is 0.324 e. The fourth-order valence-corrected chi connectivity index (χ4v) is 1.77. The van der Waals surface area contributed by atoms with Gasteiger partial charge in [-0.2, -0.15) is 13.2 Å². The molecule has 1 aromatic carbocycles. The van der Waals surface area contributed by atoms with Gasteiger partial charge in [0.05, 0.1) is 5.56 Å². The van der Waals surface area contributed by atoms with Crippen LogP contribution in [-0.2, 0) is 6.18 Å². The second-order valence-corrected chi connectivity index (χ2v) is 4.81. The van der Waals surface area contributed by atoms with Gasteiger partial charge in [0.25, 0.3) is 0 Å². The highest BCUT2D eigenvalue weighted by molar-refractivity contribution is 5.32. The Morgan fingerprint density at radius 1 is 1.17 bits per heavy atom. The molecule has 0 amide bonds. The maximum absolute atomic E-state index is 13.1. The Hall–Kier alpha value is -1.10. The molecule has 0 aliphatic rings. The molecule has 0 radical (unpaired) electrons. The molecule has 0 unspecified atom stereocenters. The minimum absolute atomic E-state index is 0.164. The van der Waals surface area contributed by atoms with E-state index in [2.05, 4.69) is 0 Å². The van der Waals surface area contributed by atoms with Crippen LogP contribution in [0, 0.1) is 11.7 Å². The Morgan fingerprint density at radius 3 is 2.28 bits per heavy atom. The molecular formula is C13H17F4N. The zero-order valence-corrected chi connectivity index (χ0v) is 10.4. The normalized spacial score (nSPS) is 14.0. The Kier molecular flexibility index (Phi) is 4.73. The zero-order valence-electron chi connectivity index (χ0n) is 10.4. The molecule has 1 atom stereocenters. The average molecular weight is 263 g/mol. The van der Waals surface area contributed by atoms with Gasteiger partial charge in [0.1, 0.15) is 5.82 Å². The van der Waals surface area contributed by atoms with E-state index in [0.717, 1.165) is 18.2 Å². The van der Waals surface area contributed by atoms with Crippen molar-refractivity contribution >= 4 is 0 Å². The van der Waals surface area contributed by atoms with Gasteiger partial charge in [-0.15, -0.1) is 0 Å². The van der Waals surface area contributed by atoms with E-state index in [9.17, 15) is 17.6 Å². The van der Waals surface area contributed by atoms with Gasteiger partial charge in [0.2, 0.25) is 0 Å². The zero-order chi connectivity index (χ0) is 13.9. The maximum atomic E-state index is 13.1. The highest BCUT2D eigenvalue weighted by atomic mass is 19.4. The lowest BCUT2D eigenvalue weighted by atomic mass is 9.94. The number of benzene rings is 1. The predicted octanol–water partition coefficient (Wildman–Crippen LogP) is 4.28. The van der Waals surface area contributed by atoms with Crippen molar-refractivity contribution in [2.24, 2.45) is 11.7 Å². The summed E-state index contributed by atoms with van der Waals surface area (Å²) in [6, 6.07) is 1.65. The molecule has 102 valence electrons. The van der Waals surface area contributed by atoms with Crippen molar-refractivity contribution in [1.82, 2.24) is 0 Å². The van der Waals surface area contributed by atoms with Crippen LogP contribution in [-0.4, -0.2) is 0 Å². The summed E-state index contributed by atoms with van der Waals surface area (Å²) < 4.78 is 51.4. The first kappa shape index (κ1) is 15.0. The summed E-state index contributed by atoms with van der Waals surface area (Å²) in [5, 5.41) is 0. The van der Waals surface area contributed by atoms with Gasteiger partial charge in [-0.05, 0) is 42.5 Å². The van der Waals surface area contributed by atoms with E-state index in [1.54, 1.807) is 0 Å². The maximum Gasteiger partial charge on any atom is 0.416 e. The third-order valence-electron chi connectivity index (χ3n) is 2.77. The van der Waals surface area contributed by atoms with E-state index in [-0.39, 0.29) is 5.56 Å². The van der Waals surface area contributed by atoms with Crippen molar-refractivity contribution in [2.75, 3.05) is 0 Å². The Bertz CT molecular complexity index is 398. The van der Waals surface area contributed by atoms with Gasteiger partial charge in [0.15, 0.2) is 0 Å². The molecule has 0 aromatic heterocycles. The molecule has 0 aliphatic carbocycles. The first-order valence-electron chi connectivity index (χ1n) is 5.84. The van der Waals surface area contributed by atoms with Crippen LogP contribution in [0.1, 0.15) is 43.9 Å². The van der Waals surface area contributed by atoms with Gasteiger partial charge < -0.3 is 5.73 Å². The van der Waals surface area contributed by atoms with Gasteiger partial charge in [-0.3, -0.25) is 0 Å². The quantitative estimate of drug-likeness (QED) is 0.806. The molecule has 0 heterocycles. The van der Waals surface area contributed by atoms with Crippen LogP contribution in [0.5, 0.6) is 0 Å². The monoisotopic (exact) mass is 263 g/mol. The number of rotatable bonds is 4. The summed E-state index contributed by atoms with van der Waals surface area (Å²) in [6.45, 7) is 3.92. The van der Waals surface area contributed by atoms with Crippen LogP contribution < -0.4 is 5.73 Å². The molecule has 0 aliphatic heterocycles. The highest BCUT2D eigenvalue weighted by Crippen LogP contribution is 2.35. The Morgan fingerprint density at radius 2 is 1.78 bits per heavy atom. The predicted molar refractivity (Wildman–Crippen MR) is 62.4 cm³/mol.